The maximum Gasteiger partial charge on any atom is 0.224 e. The van der Waals surface area contributed by atoms with Crippen LogP contribution in [-0.4, -0.2) is 29.6 Å². The molecular weight excluding hydrogens is 318 g/mol. The minimum Gasteiger partial charge on any atom is -0.493 e. The van der Waals surface area contributed by atoms with Gasteiger partial charge in [-0.2, -0.15) is 0 Å². The molecule has 0 spiro atoms. The van der Waals surface area contributed by atoms with Gasteiger partial charge in [0.25, 0.3) is 0 Å². The first-order chi connectivity index (χ1) is 12.2. The van der Waals surface area contributed by atoms with Gasteiger partial charge in [0.2, 0.25) is 5.91 Å². The van der Waals surface area contributed by atoms with Crippen molar-refractivity contribution in [2.45, 2.75) is 19.4 Å². The molecule has 0 saturated carbocycles. The number of aromatic amines is 1. The summed E-state index contributed by atoms with van der Waals surface area (Å²) in [5, 5.41) is 2.93. The monoisotopic (exact) mass is 339 g/mol. The van der Waals surface area contributed by atoms with Gasteiger partial charge in [0.05, 0.1) is 37.2 Å². The number of amides is 1. The Labute approximate surface area is 146 Å². The number of rotatable bonds is 7. The third-order valence-electron chi connectivity index (χ3n) is 3.85. The second kappa shape index (κ2) is 7.70. The Balaban J connectivity index is 1.51. The van der Waals surface area contributed by atoms with Crippen LogP contribution in [0.3, 0.4) is 0 Å². The van der Waals surface area contributed by atoms with Crippen molar-refractivity contribution in [3.63, 3.8) is 0 Å². The number of imidazole rings is 1. The van der Waals surface area contributed by atoms with Gasteiger partial charge in [0.15, 0.2) is 11.5 Å². The van der Waals surface area contributed by atoms with Crippen LogP contribution in [0, 0.1) is 0 Å². The summed E-state index contributed by atoms with van der Waals surface area (Å²) in [6, 6.07) is 14.9. The molecule has 0 radical (unpaired) electrons. The molecule has 0 saturated heterocycles. The van der Waals surface area contributed by atoms with E-state index >= 15 is 0 Å². The minimum absolute atomic E-state index is 0.0946. The third-order valence-corrected chi connectivity index (χ3v) is 3.85. The first-order valence-electron chi connectivity index (χ1n) is 8.17. The Morgan fingerprint density at radius 2 is 1.88 bits per heavy atom. The van der Waals surface area contributed by atoms with Gasteiger partial charge >= 0.3 is 0 Å². The van der Waals surface area contributed by atoms with E-state index in [2.05, 4.69) is 15.3 Å². The summed E-state index contributed by atoms with van der Waals surface area (Å²) in [5.41, 5.74) is 1.84. The summed E-state index contributed by atoms with van der Waals surface area (Å²) >= 11 is 0. The molecule has 0 aliphatic carbocycles. The van der Waals surface area contributed by atoms with E-state index in [1.165, 1.54) is 0 Å². The largest absolute Gasteiger partial charge is 0.493 e. The number of carbonyl (C=O) groups is 1. The number of benzene rings is 2. The van der Waals surface area contributed by atoms with Crippen molar-refractivity contribution >= 4 is 16.9 Å². The smallest absolute Gasteiger partial charge is 0.224 e. The minimum atomic E-state index is -0.203. The fourth-order valence-electron chi connectivity index (χ4n) is 2.55. The van der Waals surface area contributed by atoms with Crippen LogP contribution in [0.5, 0.6) is 11.5 Å². The van der Waals surface area contributed by atoms with E-state index in [0.717, 1.165) is 16.9 Å². The summed E-state index contributed by atoms with van der Waals surface area (Å²) in [4.78, 5) is 19.8. The average molecular weight is 339 g/mol. The summed E-state index contributed by atoms with van der Waals surface area (Å²) in [6.07, 6.45) is 0.253. The zero-order valence-electron chi connectivity index (χ0n) is 14.3. The fraction of sp³-hybridized carbons (Fsp3) is 0.263. The van der Waals surface area contributed by atoms with Crippen molar-refractivity contribution in [3.8, 4) is 11.5 Å². The third kappa shape index (κ3) is 4.09. The molecule has 6 nitrogen and oxygen atoms in total. The Bertz CT molecular complexity index is 827. The first kappa shape index (κ1) is 16.8. The maximum absolute atomic E-state index is 12.1. The van der Waals surface area contributed by atoms with Gasteiger partial charge in [-0.15, -0.1) is 0 Å². The van der Waals surface area contributed by atoms with Gasteiger partial charge in [0, 0.05) is 0 Å². The van der Waals surface area contributed by atoms with Crippen LogP contribution >= 0.6 is 0 Å². The second-order valence-electron chi connectivity index (χ2n) is 5.68. The first-order valence-corrected chi connectivity index (χ1v) is 8.17. The summed E-state index contributed by atoms with van der Waals surface area (Å²) < 4.78 is 10.8. The molecule has 2 aromatic carbocycles. The Morgan fingerprint density at radius 3 is 2.64 bits per heavy atom. The average Bonchev–Trinajstić information content (AvgIpc) is 3.06. The van der Waals surface area contributed by atoms with Gasteiger partial charge in [-0.25, -0.2) is 4.98 Å². The highest BCUT2D eigenvalue weighted by molar-refractivity contribution is 5.77. The van der Waals surface area contributed by atoms with E-state index in [1.54, 1.807) is 7.11 Å². The highest BCUT2D eigenvalue weighted by Crippen LogP contribution is 2.25. The van der Waals surface area contributed by atoms with Crippen LogP contribution in [-0.2, 0) is 4.79 Å². The molecule has 1 amide bonds. The number of H-pyrrole nitrogens is 1. The van der Waals surface area contributed by atoms with Crippen molar-refractivity contribution in [3.05, 3.63) is 54.4 Å². The second-order valence-corrected chi connectivity index (χ2v) is 5.68. The van der Waals surface area contributed by atoms with E-state index in [9.17, 15) is 4.79 Å². The number of fused-ring (bicyclic) bond motifs is 1. The lowest BCUT2D eigenvalue weighted by Crippen LogP contribution is -2.28. The zero-order chi connectivity index (χ0) is 17.6. The van der Waals surface area contributed by atoms with E-state index in [4.69, 9.17) is 9.47 Å². The lowest BCUT2D eigenvalue weighted by atomic mass is 10.3. The predicted molar refractivity (Wildman–Crippen MR) is 95.8 cm³/mol. The van der Waals surface area contributed by atoms with Crippen LogP contribution in [0.2, 0.25) is 0 Å². The van der Waals surface area contributed by atoms with E-state index in [1.807, 2.05) is 55.5 Å². The van der Waals surface area contributed by atoms with E-state index in [0.29, 0.717) is 11.5 Å². The molecule has 3 rings (SSSR count). The van der Waals surface area contributed by atoms with Gasteiger partial charge in [-0.1, -0.05) is 24.3 Å². The Morgan fingerprint density at radius 1 is 1.16 bits per heavy atom. The number of ether oxygens (including phenoxy) is 2. The molecule has 130 valence electrons. The summed E-state index contributed by atoms with van der Waals surface area (Å²) in [5.74, 6) is 1.92. The molecule has 0 aliphatic rings. The molecule has 1 unspecified atom stereocenters. The quantitative estimate of drug-likeness (QED) is 0.693. The number of carbonyl (C=O) groups excluding carboxylic acids is 1. The highest BCUT2D eigenvalue weighted by Gasteiger charge is 2.13. The molecule has 0 bridgehead atoms. The number of aromatic nitrogens is 2. The van der Waals surface area contributed by atoms with Crippen molar-refractivity contribution in [2.75, 3.05) is 13.7 Å². The lowest BCUT2D eigenvalue weighted by Gasteiger charge is -2.13. The molecule has 6 heteroatoms. The van der Waals surface area contributed by atoms with Crippen LogP contribution in [0.25, 0.3) is 11.0 Å². The fourth-order valence-corrected chi connectivity index (χ4v) is 2.55. The standard InChI is InChI=1S/C19H21N3O3/c1-13(19-21-14-7-3-4-8-15(14)22-19)20-18(23)11-12-25-17-10-6-5-9-16(17)24-2/h3-10,13H,11-12H2,1-2H3,(H,20,23)(H,21,22). The molecule has 0 fully saturated rings. The van der Waals surface area contributed by atoms with Crippen molar-refractivity contribution in [1.82, 2.24) is 15.3 Å². The number of hydrogen-bond donors (Lipinski definition) is 2. The van der Waals surface area contributed by atoms with Crippen LogP contribution < -0.4 is 14.8 Å². The summed E-state index contributed by atoms with van der Waals surface area (Å²) in [7, 11) is 1.59. The molecule has 0 aliphatic heterocycles. The molecule has 1 atom stereocenters. The van der Waals surface area contributed by atoms with E-state index in [-0.39, 0.29) is 25.0 Å². The number of para-hydroxylation sites is 4. The van der Waals surface area contributed by atoms with Gasteiger partial charge in [0.1, 0.15) is 5.82 Å². The SMILES string of the molecule is COc1ccccc1OCCC(=O)NC(C)c1nc2ccccc2[nH]1. The maximum atomic E-state index is 12.1. The zero-order valence-corrected chi connectivity index (χ0v) is 14.3. The molecule has 3 aromatic rings. The van der Waals surface area contributed by atoms with Crippen molar-refractivity contribution in [2.24, 2.45) is 0 Å². The van der Waals surface area contributed by atoms with Gasteiger partial charge in [-0.3, -0.25) is 4.79 Å². The molecule has 1 heterocycles. The number of nitrogens with one attached hydrogen (secondary N) is 2. The van der Waals surface area contributed by atoms with E-state index < -0.39 is 0 Å². The van der Waals surface area contributed by atoms with Crippen molar-refractivity contribution in [1.29, 1.82) is 0 Å². The van der Waals surface area contributed by atoms with Gasteiger partial charge < -0.3 is 19.8 Å². The Hall–Kier alpha value is -3.02. The molecular formula is C19H21N3O3. The number of methoxy groups -OCH3 is 1. The normalized spacial score (nSPS) is 11.9. The van der Waals surface area contributed by atoms with Gasteiger partial charge in [-0.05, 0) is 31.2 Å². The lowest BCUT2D eigenvalue weighted by molar-refractivity contribution is -0.122. The Kier molecular flexibility index (Phi) is 5.18. The number of hydrogen-bond acceptors (Lipinski definition) is 4. The van der Waals surface area contributed by atoms with Crippen LogP contribution in [0.4, 0.5) is 0 Å². The van der Waals surface area contributed by atoms with Crippen LogP contribution in [0.15, 0.2) is 48.5 Å². The topological polar surface area (TPSA) is 76.2 Å². The van der Waals surface area contributed by atoms with Crippen LogP contribution in [0.1, 0.15) is 25.2 Å². The predicted octanol–water partition coefficient (Wildman–Crippen LogP) is 3.22. The molecule has 25 heavy (non-hydrogen) atoms. The van der Waals surface area contributed by atoms with Crippen molar-refractivity contribution < 1.29 is 14.3 Å². The highest BCUT2D eigenvalue weighted by atomic mass is 16.5. The summed E-state index contributed by atoms with van der Waals surface area (Å²) in [6.45, 7) is 2.18. The molecule has 1 aromatic heterocycles. The number of nitrogens with zero attached hydrogens (tertiary/aromatic N) is 1. The molecule has 2 N–H and O–H groups in total.